The van der Waals surface area contributed by atoms with Gasteiger partial charge in [-0.25, -0.2) is 0 Å². The van der Waals surface area contributed by atoms with Crippen LogP contribution in [0.25, 0.3) is 0 Å². The lowest BCUT2D eigenvalue weighted by Gasteiger charge is -2.39. The van der Waals surface area contributed by atoms with Crippen molar-refractivity contribution in [3.63, 3.8) is 0 Å². The molecule has 90 valence electrons. The molecule has 0 bridgehead atoms. The summed E-state index contributed by atoms with van der Waals surface area (Å²) in [5.74, 6) is -0.449. The zero-order valence-corrected chi connectivity index (χ0v) is 10.8. The van der Waals surface area contributed by atoms with Crippen molar-refractivity contribution in [2.45, 2.75) is 53.4 Å². The molecule has 1 N–H and O–H groups in total. The summed E-state index contributed by atoms with van der Waals surface area (Å²) in [6.45, 7) is 8.26. The molecule has 0 saturated carbocycles. The molecule has 0 aromatic carbocycles. The van der Waals surface area contributed by atoms with Crippen LogP contribution in [-0.4, -0.2) is 11.1 Å². The molecule has 2 unspecified atom stereocenters. The second-order valence-corrected chi connectivity index (χ2v) is 6.07. The van der Waals surface area contributed by atoms with Crippen LogP contribution < -0.4 is 0 Å². The minimum Gasteiger partial charge on any atom is -0.481 e. The first kappa shape index (κ1) is 11.7. The maximum atomic E-state index is 11.7. The first-order valence-corrected chi connectivity index (χ1v) is 6.29. The van der Waals surface area contributed by atoms with Crippen molar-refractivity contribution in [1.82, 2.24) is 0 Å². The molecular weight excluding hydrogens is 200 g/mol. The van der Waals surface area contributed by atoms with Crippen LogP contribution in [0.3, 0.4) is 0 Å². The number of carboxylic acid groups (broad SMARTS) is 1. The van der Waals surface area contributed by atoms with Gasteiger partial charge in [-0.05, 0) is 38.5 Å². The normalized spacial score (nSPS) is 37.4. The van der Waals surface area contributed by atoms with E-state index in [1.807, 2.05) is 6.92 Å². The van der Waals surface area contributed by atoms with Crippen molar-refractivity contribution in [3.8, 4) is 0 Å². The second kappa shape index (κ2) is 3.35. The molecule has 0 aromatic heterocycles. The molecule has 2 aliphatic carbocycles. The van der Waals surface area contributed by atoms with Gasteiger partial charge in [-0.2, -0.15) is 0 Å². The SMILES string of the molecule is CC1C2=C(CCCC2)C(C)(C)C1(C)C(=O)O. The monoisotopic (exact) mass is 222 g/mol. The Kier molecular flexibility index (Phi) is 2.45. The number of hydrogen-bond acceptors (Lipinski definition) is 1. The fraction of sp³-hybridized carbons (Fsp3) is 0.786. The third kappa shape index (κ3) is 1.16. The van der Waals surface area contributed by atoms with E-state index in [9.17, 15) is 9.90 Å². The van der Waals surface area contributed by atoms with E-state index in [0.29, 0.717) is 0 Å². The fourth-order valence-electron chi connectivity index (χ4n) is 3.78. The van der Waals surface area contributed by atoms with E-state index in [4.69, 9.17) is 0 Å². The molecule has 16 heavy (non-hydrogen) atoms. The standard InChI is InChI=1S/C14H22O2/c1-9-10-7-5-6-8-11(10)13(2,3)14(9,4)12(15)16/h9H,5-8H2,1-4H3,(H,15,16). The van der Waals surface area contributed by atoms with Crippen LogP contribution in [0, 0.1) is 16.7 Å². The number of allylic oxidation sites excluding steroid dienone is 2. The van der Waals surface area contributed by atoms with Crippen LogP contribution in [0.5, 0.6) is 0 Å². The Labute approximate surface area is 97.7 Å². The third-order valence-electron chi connectivity index (χ3n) is 5.40. The van der Waals surface area contributed by atoms with E-state index in [0.717, 1.165) is 12.8 Å². The summed E-state index contributed by atoms with van der Waals surface area (Å²) in [6, 6.07) is 0. The summed E-state index contributed by atoms with van der Waals surface area (Å²) >= 11 is 0. The summed E-state index contributed by atoms with van der Waals surface area (Å²) in [7, 11) is 0. The minimum atomic E-state index is -0.639. The van der Waals surface area contributed by atoms with E-state index in [1.54, 1.807) is 0 Å². The lowest BCUT2D eigenvalue weighted by Crippen LogP contribution is -2.43. The third-order valence-corrected chi connectivity index (χ3v) is 5.40. The average molecular weight is 222 g/mol. The van der Waals surface area contributed by atoms with Gasteiger partial charge in [0.2, 0.25) is 0 Å². The Hall–Kier alpha value is -0.790. The Morgan fingerprint density at radius 3 is 2.31 bits per heavy atom. The molecule has 0 spiro atoms. The molecule has 2 nitrogen and oxygen atoms in total. The van der Waals surface area contributed by atoms with Crippen molar-refractivity contribution >= 4 is 5.97 Å². The fourth-order valence-corrected chi connectivity index (χ4v) is 3.78. The van der Waals surface area contributed by atoms with Crippen LogP contribution >= 0.6 is 0 Å². The average Bonchev–Trinajstić information content (AvgIpc) is 2.40. The quantitative estimate of drug-likeness (QED) is 0.688. The lowest BCUT2D eigenvalue weighted by atomic mass is 9.62. The molecule has 0 heterocycles. The van der Waals surface area contributed by atoms with Gasteiger partial charge in [0.15, 0.2) is 0 Å². The molecule has 0 radical (unpaired) electrons. The molecule has 0 aliphatic heterocycles. The number of hydrogen-bond donors (Lipinski definition) is 1. The number of aliphatic carboxylic acids is 1. The number of carboxylic acids is 1. The summed E-state index contributed by atoms with van der Waals surface area (Å²) in [4.78, 5) is 11.7. The maximum Gasteiger partial charge on any atom is 0.310 e. The van der Waals surface area contributed by atoms with Crippen molar-refractivity contribution in [3.05, 3.63) is 11.1 Å². The zero-order valence-electron chi connectivity index (χ0n) is 10.8. The van der Waals surface area contributed by atoms with Crippen LogP contribution in [0.15, 0.2) is 11.1 Å². The number of carbonyl (C=O) groups is 1. The van der Waals surface area contributed by atoms with Crippen molar-refractivity contribution < 1.29 is 9.90 Å². The van der Waals surface area contributed by atoms with Gasteiger partial charge in [0.1, 0.15) is 0 Å². The predicted molar refractivity (Wildman–Crippen MR) is 64.2 cm³/mol. The Balaban J connectivity index is 2.53. The molecule has 2 aliphatic rings. The second-order valence-electron chi connectivity index (χ2n) is 6.07. The van der Waals surface area contributed by atoms with Gasteiger partial charge in [-0.3, -0.25) is 4.79 Å². The molecule has 0 aromatic rings. The van der Waals surface area contributed by atoms with E-state index < -0.39 is 11.4 Å². The summed E-state index contributed by atoms with van der Waals surface area (Å²) in [5, 5.41) is 9.60. The largest absolute Gasteiger partial charge is 0.481 e. The highest BCUT2D eigenvalue weighted by Crippen LogP contribution is 2.62. The molecule has 2 atom stereocenters. The van der Waals surface area contributed by atoms with Crippen molar-refractivity contribution in [1.29, 1.82) is 0 Å². The van der Waals surface area contributed by atoms with E-state index >= 15 is 0 Å². The van der Waals surface area contributed by atoms with Crippen LogP contribution in [0.4, 0.5) is 0 Å². The topological polar surface area (TPSA) is 37.3 Å². The Morgan fingerprint density at radius 2 is 1.81 bits per heavy atom. The maximum absolute atomic E-state index is 11.7. The van der Waals surface area contributed by atoms with Gasteiger partial charge in [-0.1, -0.05) is 31.9 Å². The van der Waals surface area contributed by atoms with Gasteiger partial charge in [-0.15, -0.1) is 0 Å². The Bertz CT molecular complexity index is 365. The molecule has 0 amide bonds. The molecule has 2 rings (SSSR count). The highest BCUT2D eigenvalue weighted by molar-refractivity contribution is 5.78. The lowest BCUT2D eigenvalue weighted by molar-refractivity contribution is -0.155. The van der Waals surface area contributed by atoms with Crippen LogP contribution in [0.1, 0.15) is 53.4 Å². The Morgan fingerprint density at radius 1 is 1.25 bits per heavy atom. The highest BCUT2D eigenvalue weighted by atomic mass is 16.4. The van der Waals surface area contributed by atoms with E-state index in [-0.39, 0.29) is 11.3 Å². The minimum absolute atomic E-state index is 0.187. The molecule has 0 fully saturated rings. The van der Waals surface area contributed by atoms with Gasteiger partial charge in [0.25, 0.3) is 0 Å². The van der Waals surface area contributed by atoms with Crippen molar-refractivity contribution in [2.24, 2.45) is 16.7 Å². The van der Waals surface area contributed by atoms with Gasteiger partial charge in [0.05, 0.1) is 5.41 Å². The first-order chi connectivity index (χ1) is 7.33. The van der Waals surface area contributed by atoms with Crippen LogP contribution in [0.2, 0.25) is 0 Å². The van der Waals surface area contributed by atoms with Gasteiger partial charge < -0.3 is 5.11 Å². The van der Waals surface area contributed by atoms with E-state index in [2.05, 4.69) is 20.8 Å². The smallest absolute Gasteiger partial charge is 0.310 e. The summed E-state index contributed by atoms with van der Waals surface area (Å²) in [5.41, 5.74) is 2.08. The van der Waals surface area contributed by atoms with Gasteiger partial charge >= 0.3 is 5.97 Å². The predicted octanol–water partition coefficient (Wildman–Crippen LogP) is 3.62. The molecule has 2 heteroatoms. The summed E-state index contributed by atoms with van der Waals surface area (Å²) < 4.78 is 0. The van der Waals surface area contributed by atoms with Gasteiger partial charge in [0, 0.05) is 5.41 Å². The van der Waals surface area contributed by atoms with E-state index in [1.165, 1.54) is 24.0 Å². The zero-order chi connectivity index (χ0) is 12.1. The highest BCUT2D eigenvalue weighted by Gasteiger charge is 2.59. The molecular formula is C14H22O2. The van der Waals surface area contributed by atoms with Crippen molar-refractivity contribution in [2.75, 3.05) is 0 Å². The first-order valence-electron chi connectivity index (χ1n) is 6.29. The number of rotatable bonds is 1. The summed E-state index contributed by atoms with van der Waals surface area (Å²) in [6.07, 6.45) is 4.68. The van der Waals surface area contributed by atoms with Crippen LogP contribution in [-0.2, 0) is 4.79 Å². The molecule has 0 saturated heterocycles.